The lowest BCUT2D eigenvalue weighted by Crippen LogP contribution is -1.95. The highest BCUT2D eigenvalue weighted by Crippen LogP contribution is 2.30. The van der Waals surface area contributed by atoms with Crippen molar-refractivity contribution in [1.82, 2.24) is 4.98 Å². The third-order valence-electron chi connectivity index (χ3n) is 5.17. The van der Waals surface area contributed by atoms with Gasteiger partial charge in [-0.25, -0.2) is 0 Å². The maximum Gasteiger partial charge on any atom is 0.0453 e. The molecular formula is C26H25N. The highest BCUT2D eigenvalue weighted by molar-refractivity contribution is 5.72. The Labute approximate surface area is 162 Å². The molecule has 1 aliphatic carbocycles. The molecule has 0 unspecified atom stereocenters. The summed E-state index contributed by atoms with van der Waals surface area (Å²) in [5.41, 5.74) is 9.40. The molecule has 1 heterocycles. The Morgan fingerprint density at radius 1 is 0.815 bits per heavy atom. The smallest absolute Gasteiger partial charge is 0.0453 e. The zero-order valence-electron chi connectivity index (χ0n) is 15.9. The molecule has 1 aromatic heterocycles. The first-order chi connectivity index (χ1) is 13.3. The van der Waals surface area contributed by atoms with E-state index in [2.05, 4.69) is 90.8 Å². The molecule has 1 nitrogen and oxygen atoms in total. The quantitative estimate of drug-likeness (QED) is 0.506. The van der Waals surface area contributed by atoms with E-state index in [1.54, 1.807) is 0 Å². The maximum absolute atomic E-state index is 4.59. The fraction of sp³-hybridized carbons (Fsp3) is 0.192. The molecule has 134 valence electrons. The largest absolute Gasteiger partial charge is 0.261 e. The molecular weight excluding hydrogens is 326 g/mol. The van der Waals surface area contributed by atoms with E-state index in [0.717, 1.165) is 31.4 Å². The van der Waals surface area contributed by atoms with E-state index < -0.39 is 0 Å². The van der Waals surface area contributed by atoms with Gasteiger partial charge in [-0.15, -0.1) is 0 Å². The summed E-state index contributed by atoms with van der Waals surface area (Å²) in [5, 5.41) is 0. The summed E-state index contributed by atoms with van der Waals surface area (Å²) < 4.78 is 0. The standard InChI is InChI=1S/C26H25N/c1-20-6-5-9-23(16-20)18-26-19-25(14-15-27-26)24-13-12-22(17-24)11-10-21-7-3-2-4-8-21/h2-9,12-16,19H,10-11,17-18H2,1H3. The van der Waals surface area contributed by atoms with Gasteiger partial charge in [0, 0.05) is 18.3 Å². The Kier molecular flexibility index (Phi) is 5.29. The average molecular weight is 351 g/mol. The first-order valence-electron chi connectivity index (χ1n) is 9.70. The van der Waals surface area contributed by atoms with Crippen LogP contribution in [-0.2, 0) is 12.8 Å². The van der Waals surface area contributed by atoms with Crippen LogP contribution in [0.25, 0.3) is 5.57 Å². The first kappa shape index (κ1) is 17.5. The summed E-state index contributed by atoms with van der Waals surface area (Å²) in [6.07, 6.45) is 10.7. The van der Waals surface area contributed by atoms with Gasteiger partial charge in [0.2, 0.25) is 0 Å². The number of rotatable bonds is 6. The van der Waals surface area contributed by atoms with Crippen LogP contribution in [0.4, 0.5) is 0 Å². The number of allylic oxidation sites excluding steroid dienone is 4. The molecule has 1 aliphatic rings. The van der Waals surface area contributed by atoms with Crippen LogP contribution < -0.4 is 0 Å². The van der Waals surface area contributed by atoms with Gasteiger partial charge >= 0.3 is 0 Å². The average Bonchev–Trinajstić information content (AvgIpc) is 3.17. The van der Waals surface area contributed by atoms with Crippen molar-refractivity contribution in [1.29, 1.82) is 0 Å². The van der Waals surface area contributed by atoms with Crippen LogP contribution in [0, 0.1) is 6.92 Å². The number of hydrogen-bond acceptors (Lipinski definition) is 1. The minimum Gasteiger partial charge on any atom is -0.261 e. The van der Waals surface area contributed by atoms with Crippen LogP contribution >= 0.6 is 0 Å². The fourth-order valence-corrected chi connectivity index (χ4v) is 3.71. The topological polar surface area (TPSA) is 12.9 Å². The highest BCUT2D eigenvalue weighted by atomic mass is 14.7. The molecule has 0 fully saturated rings. The summed E-state index contributed by atoms with van der Waals surface area (Å²) >= 11 is 0. The van der Waals surface area contributed by atoms with Crippen molar-refractivity contribution >= 4 is 5.57 Å². The number of nitrogens with zero attached hydrogens (tertiary/aromatic N) is 1. The summed E-state index contributed by atoms with van der Waals surface area (Å²) in [6, 6.07) is 23.8. The molecule has 0 bridgehead atoms. The third kappa shape index (κ3) is 4.62. The molecule has 3 aromatic rings. The summed E-state index contributed by atoms with van der Waals surface area (Å²) in [5.74, 6) is 0. The van der Waals surface area contributed by atoms with E-state index in [1.165, 1.54) is 33.4 Å². The van der Waals surface area contributed by atoms with Gasteiger partial charge in [0.1, 0.15) is 0 Å². The number of aryl methyl sites for hydroxylation is 2. The Bertz CT molecular complexity index is 980. The second-order valence-corrected chi connectivity index (χ2v) is 7.38. The van der Waals surface area contributed by atoms with Crippen molar-refractivity contribution in [3.63, 3.8) is 0 Å². The lowest BCUT2D eigenvalue weighted by Gasteiger charge is -2.08. The molecule has 0 spiro atoms. The van der Waals surface area contributed by atoms with Gasteiger partial charge in [-0.05, 0) is 60.6 Å². The molecule has 2 aromatic carbocycles. The van der Waals surface area contributed by atoms with E-state index in [4.69, 9.17) is 0 Å². The fourth-order valence-electron chi connectivity index (χ4n) is 3.71. The summed E-state index contributed by atoms with van der Waals surface area (Å²) in [7, 11) is 0. The van der Waals surface area contributed by atoms with Gasteiger partial charge in [-0.1, -0.05) is 77.9 Å². The molecule has 0 saturated carbocycles. The van der Waals surface area contributed by atoms with Crippen molar-refractivity contribution in [3.05, 3.63) is 119 Å². The van der Waals surface area contributed by atoms with Crippen molar-refractivity contribution in [2.45, 2.75) is 32.6 Å². The molecule has 0 amide bonds. The molecule has 0 aliphatic heterocycles. The summed E-state index contributed by atoms with van der Waals surface area (Å²) in [4.78, 5) is 4.59. The normalized spacial score (nSPS) is 13.4. The highest BCUT2D eigenvalue weighted by Gasteiger charge is 2.11. The SMILES string of the molecule is Cc1cccc(Cc2cc(C3=CC=C(CCc4ccccc4)C3)ccn2)c1. The van der Waals surface area contributed by atoms with Gasteiger partial charge in [-0.3, -0.25) is 4.98 Å². The van der Waals surface area contributed by atoms with Crippen LogP contribution in [0.3, 0.4) is 0 Å². The third-order valence-corrected chi connectivity index (χ3v) is 5.17. The van der Waals surface area contributed by atoms with Gasteiger partial charge in [-0.2, -0.15) is 0 Å². The predicted molar refractivity (Wildman–Crippen MR) is 114 cm³/mol. The zero-order chi connectivity index (χ0) is 18.5. The first-order valence-corrected chi connectivity index (χ1v) is 9.70. The van der Waals surface area contributed by atoms with Crippen molar-refractivity contribution < 1.29 is 0 Å². The Hall–Kier alpha value is -2.93. The van der Waals surface area contributed by atoms with E-state index in [0.29, 0.717) is 0 Å². The van der Waals surface area contributed by atoms with Crippen LogP contribution in [0.15, 0.2) is 90.7 Å². The molecule has 27 heavy (non-hydrogen) atoms. The van der Waals surface area contributed by atoms with E-state index >= 15 is 0 Å². The second-order valence-electron chi connectivity index (χ2n) is 7.38. The number of aromatic nitrogens is 1. The predicted octanol–water partition coefficient (Wildman–Crippen LogP) is 6.33. The van der Waals surface area contributed by atoms with E-state index in [1.807, 2.05) is 6.20 Å². The number of benzene rings is 2. The van der Waals surface area contributed by atoms with Crippen LogP contribution in [-0.4, -0.2) is 4.98 Å². The van der Waals surface area contributed by atoms with Gasteiger partial charge < -0.3 is 0 Å². The number of hydrogen-bond donors (Lipinski definition) is 0. The Morgan fingerprint density at radius 3 is 2.52 bits per heavy atom. The molecule has 4 rings (SSSR count). The summed E-state index contributed by atoms with van der Waals surface area (Å²) in [6.45, 7) is 2.14. The monoisotopic (exact) mass is 351 g/mol. The van der Waals surface area contributed by atoms with Crippen LogP contribution in [0.1, 0.15) is 40.8 Å². The van der Waals surface area contributed by atoms with Crippen LogP contribution in [0.5, 0.6) is 0 Å². The minimum atomic E-state index is 0.886. The number of pyridine rings is 1. The minimum absolute atomic E-state index is 0.886. The van der Waals surface area contributed by atoms with Crippen molar-refractivity contribution in [2.24, 2.45) is 0 Å². The van der Waals surface area contributed by atoms with Gasteiger partial charge in [0.25, 0.3) is 0 Å². The van der Waals surface area contributed by atoms with Crippen molar-refractivity contribution in [3.8, 4) is 0 Å². The maximum atomic E-state index is 4.59. The van der Waals surface area contributed by atoms with Crippen LogP contribution in [0.2, 0.25) is 0 Å². The molecule has 1 heteroatoms. The van der Waals surface area contributed by atoms with E-state index in [9.17, 15) is 0 Å². The lowest BCUT2D eigenvalue weighted by atomic mass is 9.98. The Morgan fingerprint density at radius 2 is 1.67 bits per heavy atom. The van der Waals surface area contributed by atoms with E-state index in [-0.39, 0.29) is 0 Å². The zero-order valence-corrected chi connectivity index (χ0v) is 15.9. The molecule has 0 radical (unpaired) electrons. The molecule has 0 N–H and O–H groups in total. The lowest BCUT2D eigenvalue weighted by molar-refractivity contribution is 0.922. The Balaban J connectivity index is 1.38. The van der Waals surface area contributed by atoms with Crippen molar-refractivity contribution in [2.75, 3.05) is 0 Å². The van der Waals surface area contributed by atoms with Gasteiger partial charge in [0.15, 0.2) is 0 Å². The molecule has 0 atom stereocenters. The van der Waals surface area contributed by atoms with Gasteiger partial charge in [0.05, 0.1) is 0 Å². The molecule has 0 saturated heterocycles. The second kappa shape index (κ2) is 8.18.